The Morgan fingerprint density at radius 1 is 1.11 bits per heavy atom. The van der Waals surface area contributed by atoms with Crippen LogP contribution in [0.2, 0.25) is 0 Å². The van der Waals surface area contributed by atoms with E-state index < -0.39 is 5.66 Å². The van der Waals surface area contributed by atoms with Crippen LogP contribution in [-0.4, -0.2) is 35.5 Å². The second kappa shape index (κ2) is 6.50. The molecule has 1 saturated heterocycles. The van der Waals surface area contributed by atoms with Gasteiger partial charge in [-0.2, -0.15) is 0 Å². The van der Waals surface area contributed by atoms with Gasteiger partial charge in [0.25, 0.3) is 5.91 Å². The summed E-state index contributed by atoms with van der Waals surface area (Å²) in [5, 5.41) is 7.01. The number of benzene rings is 1. The number of amides is 2. The van der Waals surface area contributed by atoms with E-state index in [1.807, 2.05) is 24.3 Å². The highest BCUT2D eigenvalue weighted by Gasteiger charge is 2.60. The van der Waals surface area contributed by atoms with Crippen LogP contribution in [0, 0.1) is 17.3 Å². The first-order valence-corrected chi connectivity index (χ1v) is 11.0. The highest BCUT2D eigenvalue weighted by atomic mass is 16.2. The largest absolute Gasteiger partial charge is 0.362 e. The first-order valence-electron chi connectivity index (χ1n) is 11.0. The summed E-state index contributed by atoms with van der Waals surface area (Å²) in [5.74, 6) is 0.769. The van der Waals surface area contributed by atoms with E-state index in [9.17, 15) is 9.59 Å². The predicted octanol–water partition coefficient (Wildman–Crippen LogP) is 3.77. The van der Waals surface area contributed by atoms with E-state index in [2.05, 4.69) is 22.5 Å². The van der Waals surface area contributed by atoms with E-state index in [-0.39, 0.29) is 17.2 Å². The Kier molecular flexibility index (Phi) is 4.18. The summed E-state index contributed by atoms with van der Waals surface area (Å²) in [6.07, 6.45) is 8.60. The number of fused-ring (bicyclic) bond motifs is 3. The lowest BCUT2D eigenvalue weighted by Gasteiger charge is -2.61. The van der Waals surface area contributed by atoms with Gasteiger partial charge in [-0.3, -0.25) is 9.59 Å². The molecule has 150 valence electrons. The zero-order chi connectivity index (χ0) is 19.4. The monoisotopic (exact) mass is 381 g/mol. The minimum absolute atomic E-state index is 0.0147. The molecule has 4 atom stereocenters. The molecule has 2 aliphatic heterocycles. The molecule has 2 heterocycles. The summed E-state index contributed by atoms with van der Waals surface area (Å²) in [5.41, 5.74) is 1.17. The van der Waals surface area contributed by atoms with E-state index in [4.69, 9.17) is 0 Å². The van der Waals surface area contributed by atoms with Crippen molar-refractivity contribution in [1.82, 2.24) is 10.2 Å². The van der Waals surface area contributed by atoms with Crippen LogP contribution >= 0.6 is 0 Å². The van der Waals surface area contributed by atoms with Crippen LogP contribution in [0.25, 0.3) is 0 Å². The third-order valence-electron chi connectivity index (χ3n) is 7.89. The molecule has 4 fully saturated rings. The molecule has 3 aliphatic carbocycles. The summed E-state index contributed by atoms with van der Waals surface area (Å²) < 4.78 is 0. The van der Waals surface area contributed by atoms with Crippen molar-refractivity contribution in [2.24, 2.45) is 17.3 Å². The summed E-state index contributed by atoms with van der Waals surface area (Å²) in [7, 11) is 0. The minimum Gasteiger partial charge on any atom is -0.362 e. The number of carbonyl (C=O) groups excluding carboxylic acids is 2. The molecule has 5 nitrogen and oxygen atoms in total. The van der Waals surface area contributed by atoms with Crippen LogP contribution in [-0.2, 0) is 4.79 Å². The summed E-state index contributed by atoms with van der Waals surface area (Å²) in [4.78, 5) is 28.4. The third-order valence-corrected chi connectivity index (χ3v) is 7.89. The number of anilines is 1. The van der Waals surface area contributed by atoms with Crippen molar-refractivity contribution in [1.29, 1.82) is 0 Å². The summed E-state index contributed by atoms with van der Waals surface area (Å²) >= 11 is 0. The molecule has 0 radical (unpaired) electrons. The van der Waals surface area contributed by atoms with Gasteiger partial charge in [0, 0.05) is 30.6 Å². The fourth-order valence-corrected chi connectivity index (χ4v) is 6.34. The van der Waals surface area contributed by atoms with Crippen molar-refractivity contribution in [2.75, 3.05) is 18.4 Å². The van der Waals surface area contributed by atoms with Crippen LogP contribution in [0.15, 0.2) is 24.3 Å². The standard InChI is InChI=1S/C23H31N3O2/c1-22-11-10-16(14-18(22)21(28)26-12-6-2-3-7-13-26)23(15-22)24-19-9-5-4-8-17(19)20(27)25-23/h4-5,8-9,16,18,24H,2-3,6-7,10-15H2,1H3,(H,25,27)/t16-,18+,22-,23-/m0/s1. The quantitative estimate of drug-likeness (QED) is 0.778. The number of nitrogens with zero attached hydrogens (tertiary/aromatic N) is 1. The molecule has 2 amide bonds. The summed E-state index contributed by atoms with van der Waals surface area (Å²) in [6.45, 7) is 4.12. The molecule has 0 unspecified atom stereocenters. The number of hydrogen-bond donors (Lipinski definition) is 2. The van der Waals surface area contributed by atoms with E-state index in [0.29, 0.717) is 11.8 Å². The van der Waals surface area contributed by atoms with E-state index >= 15 is 0 Å². The number of para-hydroxylation sites is 1. The van der Waals surface area contributed by atoms with Gasteiger partial charge in [0.2, 0.25) is 5.91 Å². The molecule has 1 aromatic carbocycles. The second-order valence-corrected chi connectivity index (χ2v) is 9.69. The minimum atomic E-state index is -0.409. The highest BCUT2D eigenvalue weighted by molar-refractivity contribution is 6.02. The van der Waals surface area contributed by atoms with Crippen LogP contribution < -0.4 is 10.6 Å². The predicted molar refractivity (Wildman–Crippen MR) is 109 cm³/mol. The first-order chi connectivity index (χ1) is 13.5. The lowest BCUT2D eigenvalue weighted by molar-refractivity contribution is -0.150. The maximum atomic E-state index is 13.5. The SMILES string of the molecule is C[C@@]12CC[C@@H](C[C@@H]1C(=O)N1CCCCCC1)[C@]1(C2)NC(=O)c2ccccc2N1. The maximum Gasteiger partial charge on any atom is 0.255 e. The van der Waals surface area contributed by atoms with E-state index in [1.165, 1.54) is 12.8 Å². The number of hydrogen-bond acceptors (Lipinski definition) is 3. The first kappa shape index (κ1) is 18.0. The zero-order valence-corrected chi connectivity index (χ0v) is 16.8. The summed E-state index contributed by atoms with van der Waals surface area (Å²) in [6, 6.07) is 7.76. The number of likely N-dealkylation sites (tertiary alicyclic amines) is 1. The van der Waals surface area contributed by atoms with Crippen molar-refractivity contribution in [3.8, 4) is 0 Å². The van der Waals surface area contributed by atoms with Gasteiger partial charge in [-0.25, -0.2) is 0 Å². The van der Waals surface area contributed by atoms with Gasteiger partial charge in [0.15, 0.2) is 0 Å². The van der Waals surface area contributed by atoms with Crippen molar-refractivity contribution in [2.45, 2.75) is 64.0 Å². The van der Waals surface area contributed by atoms with Crippen molar-refractivity contribution in [3.05, 3.63) is 29.8 Å². The van der Waals surface area contributed by atoms with Crippen molar-refractivity contribution in [3.63, 3.8) is 0 Å². The Morgan fingerprint density at radius 3 is 2.61 bits per heavy atom. The molecular weight excluding hydrogens is 350 g/mol. The fraction of sp³-hybridized carbons (Fsp3) is 0.652. The van der Waals surface area contributed by atoms with Crippen LogP contribution in [0.1, 0.15) is 68.6 Å². The molecule has 28 heavy (non-hydrogen) atoms. The number of carbonyl (C=O) groups is 2. The topological polar surface area (TPSA) is 61.4 Å². The smallest absolute Gasteiger partial charge is 0.255 e. The van der Waals surface area contributed by atoms with Crippen molar-refractivity contribution < 1.29 is 9.59 Å². The van der Waals surface area contributed by atoms with Gasteiger partial charge >= 0.3 is 0 Å². The number of nitrogens with one attached hydrogen (secondary N) is 2. The Hall–Kier alpha value is -2.04. The molecule has 1 spiro atoms. The lowest BCUT2D eigenvalue weighted by Crippen LogP contribution is -2.70. The van der Waals surface area contributed by atoms with Gasteiger partial charge < -0.3 is 15.5 Å². The lowest BCUT2D eigenvalue weighted by atomic mass is 9.51. The molecule has 6 rings (SSSR count). The molecular formula is C23H31N3O2. The maximum absolute atomic E-state index is 13.5. The van der Waals surface area contributed by atoms with Crippen molar-refractivity contribution >= 4 is 17.5 Å². The van der Waals surface area contributed by atoms with Gasteiger partial charge in [-0.15, -0.1) is 0 Å². The Morgan fingerprint density at radius 2 is 1.86 bits per heavy atom. The van der Waals surface area contributed by atoms with Gasteiger partial charge in [0.1, 0.15) is 5.66 Å². The third kappa shape index (κ3) is 2.73. The van der Waals surface area contributed by atoms with Gasteiger partial charge in [-0.1, -0.05) is 31.9 Å². The van der Waals surface area contributed by atoms with E-state index in [1.54, 1.807) is 0 Å². The molecule has 1 aromatic rings. The van der Waals surface area contributed by atoms with Crippen LogP contribution in [0.3, 0.4) is 0 Å². The van der Waals surface area contributed by atoms with Crippen LogP contribution in [0.4, 0.5) is 5.69 Å². The number of rotatable bonds is 1. The Labute approximate surface area is 167 Å². The average Bonchev–Trinajstić information content (AvgIpc) is 2.96. The highest BCUT2D eigenvalue weighted by Crippen LogP contribution is 2.58. The normalized spacial score (nSPS) is 37.0. The second-order valence-electron chi connectivity index (χ2n) is 9.69. The Balaban J connectivity index is 1.41. The molecule has 5 aliphatic rings. The van der Waals surface area contributed by atoms with E-state index in [0.717, 1.165) is 62.9 Å². The van der Waals surface area contributed by atoms with Gasteiger partial charge in [-0.05, 0) is 56.1 Å². The molecule has 5 heteroatoms. The molecule has 3 saturated carbocycles. The zero-order valence-electron chi connectivity index (χ0n) is 16.8. The molecule has 0 aromatic heterocycles. The van der Waals surface area contributed by atoms with Crippen LogP contribution in [0.5, 0.6) is 0 Å². The molecule has 2 bridgehead atoms. The molecule has 2 N–H and O–H groups in total. The average molecular weight is 382 g/mol. The van der Waals surface area contributed by atoms with Gasteiger partial charge in [0.05, 0.1) is 5.56 Å². The fourth-order valence-electron chi connectivity index (χ4n) is 6.34. The Bertz CT molecular complexity index is 801.